The Bertz CT molecular complexity index is 304. The van der Waals surface area contributed by atoms with Crippen LogP contribution >= 0.6 is 0 Å². The molecule has 0 spiro atoms. The van der Waals surface area contributed by atoms with Crippen LogP contribution in [0.3, 0.4) is 0 Å². The minimum absolute atomic E-state index is 0.573. The van der Waals surface area contributed by atoms with Crippen LogP contribution in [0.15, 0.2) is 0 Å². The summed E-state index contributed by atoms with van der Waals surface area (Å²) < 4.78 is 0. The molecular weight excluding hydrogens is 204 g/mol. The zero-order valence-corrected chi connectivity index (χ0v) is 12.4. The first-order valence-electron chi connectivity index (χ1n) is 7.91. The van der Waals surface area contributed by atoms with Crippen molar-refractivity contribution >= 4 is 0 Å². The van der Waals surface area contributed by atoms with Crippen molar-refractivity contribution in [1.82, 2.24) is 0 Å². The van der Waals surface area contributed by atoms with Gasteiger partial charge in [0.2, 0.25) is 0 Å². The summed E-state index contributed by atoms with van der Waals surface area (Å²) in [6, 6.07) is 0. The van der Waals surface area contributed by atoms with E-state index >= 15 is 0 Å². The Morgan fingerprint density at radius 1 is 0.941 bits per heavy atom. The number of unbranched alkanes of at least 4 members (excludes halogenated alkanes) is 1. The molecule has 17 heavy (non-hydrogen) atoms. The van der Waals surface area contributed by atoms with Crippen LogP contribution < -0.4 is 0 Å². The zero-order chi connectivity index (χ0) is 12.4. The van der Waals surface area contributed by atoms with Crippen molar-refractivity contribution in [2.75, 3.05) is 0 Å². The van der Waals surface area contributed by atoms with Crippen LogP contribution in [0.5, 0.6) is 0 Å². The minimum Gasteiger partial charge on any atom is -0.0654 e. The van der Waals surface area contributed by atoms with E-state index in [1.807, 2.05) is 0 Å². The highest BCUT2D eigenvalue weighted by molar-refractivity contribution is 5.20. The molecule has 0 aliphatic heterocycles. The third-order valence-electron chi connectivity index (χ3n) is 6.94. The summed E-state index contributed by atoms with van der Waals surface area (Å²) in [5.74, 6) is 5.49. The molecule has 3 aliphatic carbocycles. The van der Waals surface area contributed by atoms with Gasteiger partial charge >= 0.3 is 0 Å². The number of rotatable bonds is 6. The molecule has 0 amide bonds. The molecule has 0 heteroatoms. The quantitative estimate of drug-likeness (QED) is 0.597. The highest BCUT2D eigenvalue weighted by atomic mass is 14.8. The molecule has 0 radical (unpaired) electrons. The summed E-state index contributed by atoms with van der Waals surface area (Å²) in [7, 11) is 0. The van der Waals surface area contributed by atoms with E-state index in [0.717, 1.165) is 29.6 Å². The molecule has 0 saturated heterocycles. The van der Waals surface area contributed by atoms with Crippen molar-refractivity contribution < 1.29 is 0 Å². The molecular formula is C17H30. The Kier molecular flexibility index (Phi) is 2.49. The molecule has 0 bridgehead atoms. The second-order valence-corrected chi connectivity index (χ2v) is 8.28. The topological polar surface area (TPSA) is 0 Å². The van der Waals surface area contributed by atoms with Crippen molar-refractivity contribution in [2.24, 2.45) is 40.4 Å². The van der Waals surface area contributed by atoms with Gasteiger partial charge in [-0.25, -0.2) is 0 Å². The summed E-state index contributed by atoms with van der Waals surface area (Å²) in [5, 5.41) is 0. The molecule has 4 atom stereocenters. The molecule has 3 fully saturated rings. The zero-order valence-electron chi connectivity index (χ0n) is 12.4. The van der Waals surface area contributed by atoms with Gasteiger partial charge in [-0.1, -0.05) is 53.9 Å². The van der Waals surface area contributed by atoms with Gasteiger partial charge in [-0.3, -0.25) is 0 Å². The number of hydrogen-bond donors (Lipinski definition) is 0. The van der Waals surface area contributed by atoms with Crippen LogP contribution in [0.1, 0.15) is 66.7 Å². The fourth-order valence-corrected chi connectivity index (χ4v) is 4.67. The van der Waals surface area contributed by atoms with E-state index in [2.05, 4.69) is 34.6 Å². The van der Waals surface area contributed by atoms with Crippen LogP contribution in [0.25, 0.3) is 0 Å². The highest BCUT2D eigenvalue weighted by Gasteiger charge is 2.72. The SMILES string of the molecule is CCCCC1CC1C(C)(C)C(C)(C)C1C2CC21. The second kappa shape index (κ2) is 3.52. The summed E-state index contributed by atoms with van der Waals surface area (Å²) >= 11 is 0. The van der Waals surface area contributed by atoms with Crippen molar-refractivity contribution in [2.45, 2.75) is 66.7 Å². The number of fused-ring (bicyclic) bond motifs is 1. The van der Waals surface area contributed by atoms with E-state index in [1.54, 1.807) is 6.42 Å². The van der Waals surface area contributed by atoms with Crippen molar-refractivity contribution in [1.29, 1.82) is 0 Å². The van der Waals surface area contributed by atoms with Crippen molar-refractivity contribution in [3.05, 3.63) is 0 Å². The summed E-state index contributed by atoms with van der Waals surface area (Å²) in [5.41, 5.74) is 1.16. The lowest BCUT2D eigenvalue weighted by atomic mass is 9.60. The maximum Gasteiger partial charge on any atom is -0.0266 e. The van der Waals surface area contributed by atoms with Crippen LogP contribution in [-0.4, -0.2) is 0 Å². The van der Waals surface area contributed by atoms with E-state index in [0.29, 0.717) is 10.8 Å². The number of hydrogen-bond acceptors (Lipinski definition) is 0. The van der Waals surface area contributed by atoms with Gasteiger partial charge < -0.3 is 0 Å². The standard InChI is InChI=1S/C17H30/c1-6-7-8-11-9-14(11)16(2,3)17(4,5)15-12-10-13(12)15/h11-15H,6-10H2,1-5H3. The predicted octanol–water partition coefficient (Wildman–Crippen LogP) is 5.13. The van der Waals surface area contributed by atoms with Gasteiger partial charge in [-0.15, -0.1) is 0 Å². The first-order valence-corrected chi connectivity index (χ1v) is 7.91. The largest absolute Gasteiger partial charge is 0.0654 e. The summed E-state index contributed by atoms with van der Waals surface area (Å²) in [4.78, 5) is 0. The van der Waals surface area contributed by atoms with Crippen LogP contribution in [0.2, 0.25) is 0 Å². The molecule has 3 aliphatic rings. The Balaban J connectivity index is 1.61. The van der Waals surface area contributed by atoms with Gasteiger partial charge in [0.25, 0.3) is 0 Å². The molecule has 3 saturated carbocycles. The van der Waals surface area contributed by atoms with E-state index < -0.39 is 0 Å². The molecule has 0 aromatic rings. The average Bonchev–Trinajstić information content (AvgIpc) is 3.03. The van der Waals surface area contributed by atoms with Gasteiger partial charge in [0.05, 0.1) is 0 Å². The second-order valence-electron chi connectivity index (χ2n) is 8.28. The Morgan fingerprint density at radius 3 is 2.06 bits per heavy atom. The summed E-state index contributed by atoms with van der Waals surface area (Å²) in [6.07, 6.45) is 7.41. The maximum atomic E-state index is 2.57. The lowest BCUT2D eigenvalue weighted by Gasteiger charge is -2.45. The summed E-state index contributed by atoms with van der Waals surface area (Å²) in [6.45, 7) is 12.6. The molecule has 3 rings (SSSR count). The third kappa shape index (κ3) is 1.70. The minimum atomic E-state index is 0.573. The van der Waals surface area contributed by atoms with E-state index in [-0.39, 0.29) is 0 Å². The van der Waals surface area contributed by atoms with Gasteiger partial charge in [-0.2, -0.15) is 0 Å². The average molecular weight is 234 g/mol. The first kappa shape index (κ1) is 12.1. The molecule has 0 heterocycles. The van der Waals surface area contributed by atoms with Gasteiger partial charge in [0.15, 0.2) is 0 Å². The molecule has 0 aromatic heterocycles. The molecule has 4 unspecified atom stereocenters. The van der Waals surface area contributed by atoms with Crippen LogP contribution in [-0.2, 0) is 0 Å². The van der Waals surface area contributed by atoms with Gasteiger partial charge in [-0.05, 0) is 53.3 Å². The normalized spacial score (nSPS) is 43.2. The lowest BCUT2D eigenvalue weighted by molar-refractivity contribution is 0.0335. The molecule has 98 valence electrons. The van der Waals surface area contributed by atoms with E-state index in [9.17, 15) is 0 Å². The van der Waals surface area contributed by atoms with Gasteiger partial charge in [0, 0.05) is 0 Å². The maximum absolute atomic E-state index is 2.57. The smallest absolute Gasteiger partial charge is 0.0266 e. The molecule has 0 N–H and O–H groups in total. The molecule has 0 nitrogen and oxygen atoms in total. The Morgan fingerprint density at radius 2 is 1.59 bits per heavy atom. The van der Waals surface area contributed by atoms with Crippen LogP contribution in [0, 0.1) is 40.4 Å². The fraction of sp³-hybridized carbons (Fsp3) is 1.00. The Labute approximate surface area is 108 Å². The third-order valence-corrected chi connectivity index (χ3v) is 6.94. The van der Waals surface area contributed by atoms with E-state index in [1.165, 1.54) is 25.7 Å². The predicted molar refractivity (Wildman–Crippen MR) is 73.8 cm³/mol. The molecule has 0 aromatic carbocycles. The first-order chi connectivity index (χ1) is 7.91. The highest BCUT2D eigenvalue weighted by Crippen LogP contribution is 2.78. The Hall–Kier alpha value is 0. The monoisotopic (exact) mass is 234 g/mol. The lowest BCUT2D eigenvalue weighted by Crippen LogP contribution is -2.38. The van der Waals surface area contributed by atoms with Gasteiger partial charge in [0.1, 0.15) is 0 Å². The van der Waals surface area contributed by atoms with Crippen molar-refractivity contribution in [3.63, 3.8) is 0 Å². The van der Waals surface area contributed by atoms with E-state index in [4.69, 9.17) is 0 Å². The van der Waals surface area contributed by atoms with Crippen molar-refractivity contribution in [3.8, 4) is 0 Å². The van der Waals surface area contributed by atoms with Crippen LogP contribution in [0.4, 0.5) is 0 Å². The fourth-order valence-electron chi connectivity index (χ4n) is 4.67.